The zero-order valence-corrected chi connectivity index (χ0v) is 16.7. The summed E-state index contributed by atoms with van der Waals surface area (Å²) < 4.78 is 37.2. The molecule has 1 spiro atoms. The number of aliphatic carboxylic acids is 1. The van der Waals surface area contributed by atoms with E-state index in [1.807, 2.05) is 17.0 Å². The molecule has 1 atom stereocenters. The van der Waals surface area contributed by atoms with Gasteiger partial charge in [0.25, 0.3) is 0 Å². The van der Waals surface area contributed by atoms with Gasteiger partial charge in [-0.2, -0.15) is 13.2 Å². The largest absolute Gasteiger partial charge is 0.490 e. The Morgan fingerprint density at radius 3 is 2.43 bits per heavy atom. The zero-order valence-electron chi connectivity index (χ0n) is 16.7. The Morgan fingerprint density at radius 2 is 1.97 bits per heavy atom. The molecule has 12 heteroatoms. The number of carboxylic acids is 1. The van der Waals surface area contributed by atoms with E-state index in [-0.39, 0.29) is 17.4 Å². The van der Waals surface area contributed by atoms with Crippen LogP contribution in [-0.2, 0) is 16.1 Å². The number of nitrogens with zero attached hydrogens (tertiary/aromatic N) is 3. The average molecular weight is 434 g/mol. The van der Waals surface area contributed by atoms with Gasteiger partial charge >= 0.3 is 18.2 Å². The highest BCUT2D eigenvalue weighted by atomic mass is 19.4. The van der Waals surface area contributed by atoms with Crippen molar-refractivity contribution in [3.63, 3.8) is 0 Å². The van der Waals surface area contributed by atoms with E-state index in [1.165, 1.54) is 0 Å². The molecular weight excluding hydrogens is 409 g/mol. The molecule has 0 radical (unpaired) electrons. The van der Waals surface area contributed by atoms with Gasteiger partial charge in [-0.15, -0.1) is 0 Å². The molecule has 0 bridgehead atoms. The number of alkyl halides is 3. The number of rotatable bonds is 2. The Balaban J connectivity index is 0.000000396. The van der Waals surface area contributed by atoms with Crippen molar-refractivity contribution >= 4 is 17.9 Å². The second kappa shape index (κ2) is 9.37. The van der Waals surface area contributed by atoms with Crippen LogP contribution in [0, 0.1) is 5.41 Å². The number of nitrogens with one attached hydrogen (secondary N) is 1. The van der Waals surface area contributed by atoms with Crippen molar-refractivity contribution < 1.29 is 37.1 Å². The topological polar surface area (TPSA) is 106 Å². The summed E-state index contributed by atoms with van der Waals surface area (Å²) in [5, 5.41) is 10.1. The molecule has 0 saturated carbocycles. The molecule has 2 aliphatic rings. The van der Waals surface area contributed by atoms with E-state index in [1.54, 1.807) is 25.3 Å². The Morgan fingerprint density at radius 1 is 1.30 bits per heavy atom. The minimum atomic E-state index is -5.08. The highest BCUT2D eigenvalue weighted by molar-refractivity contribution is 5.80. The molecule has 2 fully saturated rings. The van der Waals surface area contributed by atoms with Gasteiger partial charge in [-0.05, 0) is 12.1 Å². The van der Waals surface area contributed by atoms with E-state index in [4.69, 9.17) is 14.3 Å². The van der Waals surface area contributed by atoms with Crippen LogP contribution in [0.2, 0.25) is 0 Å². The third-order valence-corrected chi connectivity index (χ3v) is 4.82. The maximum absolute atomic E-state index is 12.4. The van der Waals surface area contributed by atoms with E-state index >= 15 is 0 Å². The Hall–Kier alpha value is -2.76. The van der Waals surface area contributed by atoms with Gasteiger partial charge in [-0.1, -0.05) is 0 Å². The van der Waals surface area contributed by atoms with Crippen LogP contribution in [0.4, 0.5) is 18.0 Å². The lowest BCUT2D eigenvalue weighted by atomic mass is 9.86. The van der Waals surface area contributed by atoms with Gasteiger partial charge in [-0.3, -0.25) is 9.69 Å². The first-order valence-corrected chi connectivity index (χ1v) is 9.20. The van der Waals surface area contributed by atoms with Gasteiger partial charge in [0.1, 0.15) is 5.76 Å². The molecule has 1 aromatic rings. The van der Waals surface area contributed by atoms with E-state index < -0.39 is 12.1 Å². The van der Waals surface area contributed by atoms with E-state index in [9.17, 15) is 22.8 Å². The molecule has 0 aliphatic carbocycles. The fraction of sp³-hybridized carbons (Fsp3) is 0.611. The maximum Gasteiger partial charge on any atom is 0.490 e. The van der Waals surface area contributed by atoms with Gasteiger partial charge in [0.2, 0.25) is 5.91 Å². The van der Waals surface area contributed by atoms with Crippen LogP contribution < -0.4 is 5.32 Å². The van der Waals surface area contributed by atoms with Crippen molar-refractivity contribution in [1.29, 1.82) is 0 Å². The summed E-state index contributed by atoms with van der Waals surface area (Å²) >= 11 is 0. The number of amides is 3. The van der Waals surface area contributed by atoms with Gasteiger partial charge in [0.05, 0.1) is 12.8 Å². The summed E-state index contributed by atoms with van der Waals surface area (Å²) in [6, 6.07) is 3.84. The standard InChI is InChI=1S/C16H24N4O3.C2HF3O2/c1-18(2)15(22)20-6-5-19(9-13-4-3-7-23-13)11-16(12-20)8-14(21)17-10-16;3-2(4,5)1(6)7/h3-4,7H,5-6,8-12H2,1-2H3,(H,17,21);(H,6,7). The molecule has 2 aliphatic heterocycles. The lowest BCUT2D eigenvalue weighted by molar-refractivity contribution is -0.192. The van der Waals surface area contributed by atoms with E-state index in [2.05, 4.69) is 10.2 Å². The van der Waals surface area contributed by atoms with Crippen molar-refractivity contribution in [2.75, 3.05) is 46.8 Å². The number of furan rings is 1. The molecule has 9 nitrogen and oxygen atoms in total. The SMILES string of the molecule is CN(C)C(=O)N1CCN(Cc2ccco2)CC2(CNC(=O)C2)C1.O=C(O)C(F)(F)F. The molecule has 3 amide bonds. The van der Waals surface area contributed by atoms with Crippen LogP contribution in [0.15, 0.2) is 22.8 Å². The summed E-state index contributed by atoms with van der Waals surface area (Å²) in [6.45, 7) is 4.15. The molecule has 2 N–H and O–H groups in total. The summed E-state index contributed by atoms with van der Waals surface area (Å²) in [4.78, 5) is 38.8. The smallest absolute Gasteiger partial charge is 0.475 e. The maximum atomic E-state index is 12.4. The normalized spacial score (nSPS) is 22.2. The van der Waals surface area contributed by atoms with Crippen molar-refractivity contribution in [1.82, 2.24) is 20.0 Å². The quantitative estimate of drug-likeness (QED) is 0.725. The van der Waals surface area contributed by atoms with Crippen molar-refractivity contribution in [2.45, 2.75) is 19.1 Å². The minimum absolute atomic E-state index is 0.00331. The third kappa shape index (κ3) is 6.37. The van der Waals surface area contributed by atoms with Crippen LogP contribution in [0.3, 0.4) is 0 Å². The number of hydrogen-bond donors (Lipinski definition) is 2. The van der Waals surface area contributed by atoms with Crippen LogP contribution in [0.5, 0.6) is 0 Å². The molecule has 1 aromatic heterocycles. The van der Waals surface area contributed by atoms with Gasteiger partial charge in [0, 0.05) is 58.7 Å². The molecule has 1 unspecified atom stereocenters. The first-order chi connectivity index (χ1) is 13.9. The second-order valence-corrected chi connectivity index (χ2v) is 7.64. The Labute approximate surface area is 171 Å². The highest BCUT2D eigenvalue weighted by Gasteiger charge is 2.44. The summed E-state index contributed by atoms with van der Waals surface area (Å²) in [7, 11) is 3.52. The first-order valence-electron chi connectivity index (χ1n) is 9.20. The molecule has 3 heterocycles. The monoisotopic (exact) mass is 434 g/mol. The van der Waals surface area contributed by atoms with Crippen LogP contribution in [0.1, 0.15) is 12.2 Å². The van der Waals surface area contributed by atoms with E-state index in [0.717, 1.165) is 18.8 Å². The van der Waals surface area contributed by atoms with Crippen LogP contribution in [-0.4, -0.2) is 90.7 Å². The second-order valence-electron chi connectivity index (χ2n) is 7.64. The number of carbonyl (C=O) groups excluding carboxylic acids is 2. The predicted octanol–water partition coefficient (Wildman–Crippen LogP) is 1.22. The van der Waals surface area contributed by atoms with Gasteiger partial charge in [0.15, 0.2) is 0 Å². The third-order valence-electron chi connectivity index (χ3n) is 4.82. The van der Waals surface area contributed by atoms with Crippen LogP contribution >= 0.6 is 0 Å². The predicted molar refractivity (Wildman–Crippen MR) is 98.4 cm³/mol. The van der Waals surface area contributed by atoms with Gasteiger partial charge < -0.3 is 24.6 Å². The van der Waals surface area contributed by atoms with E-state index in [0.29, 0.717) is 32.6 Å². The number of carboxylic acid groups (broad SMARTS) is 1. The highest BCUT2D eigenvalue weighted by Crippen LogP contribution is 2.31. The molecule has 3 rings (SSSR count). The summed E-state index contributed by atoms with van der Waals surface area (Å²) in [5.41, 5.74) is -0.216. The van der Waals surface area contributed by atoms with Crippen molar-refractivity contribution in [3.05, 3.63) is 24.2 Å². The number of halogens is 3. The number of urea groups is 1. The molecule has 0 aromatic carbocycles. The lowest BCUT2D eigenvalue weighted by Gasteiger charge is -2.33. The molecular formula is C18H25F3N4O5. The Kier molecular flexibility index (Phi) is 7.34. The lowest BCUT2D eigenvalue weighted by Crippen LogP contribution is -2.47. The Bertz CT molecular complexity index is 754. The van der Waals surface area contributed by atoms with Gasteiger partial charge in [-0.25, -0.2) is 9.59 Å². The first kappa shape index (κ1) is 23.5. The van der Waals surface area contributed by atoms with Crippen molar-refractivity contribution in [2.24, 2.45) is 5.41 Å². The fourth-order valence-electron chi connectivity index (χ4n) is 3.53. The van der Waals surface area contributed by atoms with Crippen molar-refractivity contribution in [3.8, 4) is 0 Å². The fourth-order valence-corrected chi connectivity index (χ4v) is 3.53. The molecule has 30 heavy (non-hydrogen) atoms. The van der Waals surface area contributed by atoms with Crippen LogP contribution in [0.25, 0.3) is 0 Å². The zero-order chi connectivity index (χ0) is 22.5. The number of hydrogen-bond acceptors (Lipinski definition) is 5. The minimum Gasteiger partial charge on any atom is -0.475 e. The number of carbonyl (C=O) groups is 3. The molecule has 2 saturated heterocycles. The molecule has 168 valence electrons. The summed E-state index contributed by atoms with van der Waals surface area (Å²) in [5.74, 6) is -1.78. The average Bonchev–Trinajstić information content (AvgIpc) is 3.23. The summed E-state index contributed by atoms with van der Waals surface area (Å²) in [6.07, 6.45) is -2.94.